The molecule has 0 aromatic rings. The van der Waals surface area contributed by atoms with Crippen LogP contribution in [0.2, 0.25) is 0 Å². The van der Waals surface area contributed by atoms with Gasteiger partial charge in [0.15, 0.2) is 0 Å². The van der Waals surface area contributed by atoms with E-state index in [0.29, 0.717) is 5.41 Å². The Kier molecular flexibility index (Phi) is 4.88. The van der Waals surface area contributed by atoms with Crippen molar-refractivity contribution < 1.29 is 0 Å². The standard InChI is InChI=1S/C16H32/c1-7-9-13(4)16(10-8-11-16)15(6)14(5)12(2)3/h12-15H,7-11H2,1-6H3. The van der Waals surface area contributed by atoms with Crippen LogP contribution >= 0.6 is 0 Å². The second-order valence-electron chi connectivity index (χ2n) is 6.67. The molecular formula is C16H32. The van der Waals surface area contributed by atoms with Gasteiger partial charge in [-0.25, -0.2) is 0 Å². The minimum atomic E-state index is 0.694. The zero-order valence-electron chi connectivity index (χ0n) is 12.3. The van der Waals surface area contributed by atoms with Crippen LogP contribution in [-0.2, 0) is 0 Å². The van der Waals surface area contributed by atoms with Gasteiger partial charge in [-0.3, -0.25) is 0 Å². The van der Waals surface area contributed by atoms with E-state index in [4.69, 9.17) is 0 Å². The molecule has 0 N–H and O–H groups in total. The molecule has 1 saturated carbocycles. The van der Waals surface area contributed by atoms with Gasteiger partial charge in [0.25, 0.3) is 0 Å². The molecule has 1 rings (SSSR count). The SMILES string of the molecule is CCCC(C)C1(C(C)C(C)C(C)C)CCC1. The highest BCUT2D eigenvalue weighted by Gasteiger charge is 2.47. The van der Waals surface area contributed by atoms with Gasteiger partial charge < -0.3 is 0 Å². The molecule has 0 aliphatic heterocycles. The molecule has 0 spiro atoms. The van der Waals surface area contributed by atoms with Crippen LogP contribution in [0.15, 0.2) is 0 Å². The van der Waals surface area contributed by atoms with Gasteiger partial charge in [-0.15, -0.1) is 0 Å². The van der Waals surface area contributed by atoms with Gasteiger partial charge in [0, 0.05) is 0 Å². The van der Waals surface area contributed by atoms with Crippen molar-refractivity contribution in [2.75, 3.05) is 0 Å². The Morgan fingerprint density at radius 2 is 1.56 bits per heavy atom. The van der Waals surface area contributed by atoms with Crippen LogP contribution in [0, 0.1) is 29.1 Å². The molecule has 0 radical (unpaired) electrons. The van der Waals surface area contributed by atoms with Gasteiger partial charge >= 0.3 is 0 Å². The van der Waals surface area contributed by atoms with Gasteiger partial charge in [0.2, 0.25) is 0 Å². The third-order valence-corrected chi connectivity index (χ3v) is 5.73. The fourth-order valence-corrected chi connectivity index (χ4v) is 3.80. The summed E-state index contributed by atoms with van der Waals surface area (Å²) >= 11 is 0. The van der Waals surface area contributed by atoms with Crippen LogP contribution in [0.4, 0.5) is 0 Å². The smallest absolute Gasteiger partial charge is 0.0243 e. The van der Waals surface area contributed by atoms with E-state index in [-0.39, 0.29) is 0 Å². The summed E-state index contributed by atoms with van der Waals surface area (Å²) < 4.78 is 0. The van der Waals surface area contributed by atoms with Crippen molar-refractivity contribution >= 4 is 0 Å². The lowest BCUT2D eigenvalue weighted by molar-refractivity contribution is -0.0390. The molecule has 3 atom stereocenters. The van der Waals surface area contributed by atoms with Gasteiger partial charge in [0.1, 0.15) is 0 Å². The molecule has 0 heterocycles. The van der Waals surface area contributed by atoms with E-state index in [1.54, 1.807) is 0 Å². The molecule has 0 bridgehead atoms. The fraction of sp³-hybridized carbons (Fsp3) is 1.00. The van der Waals surface area contributed by atoms with Crippen LogP contribution in [0.25, 0.3) is 0 Å². The Labute approximate surface area is 103 Å². The first-order valence-electron chi connectivity index (χ1n) is 7.45. The highest BCUT2D eigenvalue weighted by molar-refractivity contribution is 4.97. The molecule has 0 aromatic heterocycles. The molecule has 0 amide bonds. The second-order valence-corrected chi connectivity index (χ2v) is 6.67. The molecule has 0 saturated heterocycles. The van der Waals surface area contributed by atoms with Crippen molar-refractivity contribution in [3.05, 3.63) is 0 Å². The quantitative estimate of drug-likeness (QED) is 0.557. The van der Waals surface area contributed by atoms with Crippen molar-refractivity contribution in [2.24, 2.45) is 29.1 Å². The third kappa shape index (κ3) is 2.46. The predicted octanol–water partition coefficient (Wildman–Crippen LogP) is 5.52. The topological polar surface area (TPSA) is 0 Å². The number of rotatable bonds is 6. The summed E-state index contributed by atoms with van der Waals surface area (Å²) in [5.41, 5.74) is 0.694. The average molecular weight is 224 g/mol. The highest BCUT2D eigenvalue weighted by atomic mass is 14.5. The monoisotopic (exact) mass is 224 g/mol. The third-order valence-electron chi connectivity index (χ3n) is 5.73. The van der Waals surface area contributed by atoms with Crippen molar-refractivity contribution in [3.8, 4) is 0 Å². The minimum Gasteiger partial charge on any atom is -0.0654 e. The first-order valence-corrected chi connectivity index (χ1v) is 7.45. The Morgan fingerprint density at radius 3 is 1.88 bits per heavy atom. The molecule has 1 fully saturated rings. The Morgan fingerprint density at radius 1 is 1.00 bits per heavy atom. The van der Waals surface area contributed by atoms with Gasteiger partial charge in [-0.1, -0.05) is 60.8 Å². The molecule has 96 valence electrons. The Bertz CT molecular complexity index is 200. The van der Waals surface area contributed by atoms with Crippen LogP contribution < -0.4 is 0 Å². The van der Waals surface area contributed by atoms with E-state index in [1.807, 2.05) is 0 Å². The van der Waals surface area contributed by atoms with E-state index in [1.165, 1.54) is 32.1 Å². The first kappa shape index (κ1) is 14.1. The largest absolute Gasteiger partial charge is 0.0654 e. The van der Waals surface area contributed by atoms with Crippen molar-refractivity contribution in [1.82, 2.24) is 0 Å². The van der Waals surface area contributed by atoms with Crippen LogP contribution in [0.1, 0.15) is 73.6 Å². The maximum absolute atomic E-state index is 2.52. The molecule has 0 heteroatoms. The van der Waals surface area contributed by atoms with Gasteiger partial charge in [-0.2, -0.15) is 0 Å². The van der Waals surface area contributed by atoms with E-state index in [9.17, 15) is 0 Å². The molecular weight excluding hydrogens is 192 g/mol. The van der Waals surface area contributed by atoms with E-state index < -0.39 is 0 Å². The summed E-state index contributed by atoms with van der Waals surface area (Å²) in [7, 11) is 0. The summed E-state index contributed by atoms with van der Waals surface area (Å²) in [5.74, 6) is 3.55. The normalized spacial score (nSPS) is 24.9. The van der Waals surface area contributed by atoms with E-state index in [2.05, 4.69) is 41.5 Å². The van der Waals surface area contributed by atoms with Gasteiger partial charge in [0.05, 0.1) is 0 Å². The molecule has 0 nitrogen and oxygen atoms in total. The summed E-state index contributed by atoms with van der Waals surface area (Å²) in [6.07, 6.45) is 7.24. The van der Waals surface area contributed by atoms with Crippen molar-refractivity contribution in [1.29, 1.82) is 0 Å². The zero-order valence-corrected chi connectivity index (χ0v) is 12.3. The zero-order chi connectivity index (χ0) is 12.3. The fourth-order valence-electron chi connectivity index (χ4n) is 3.80. The van der Waals surface area contributed by atoms with Gasteiger partial charge in [-0.05, 0) is 41.9 Å². The number of hydrogen-bond donors (Lipinski definition) is 0. The van der Waals surface area contributed by atoms with E-state index in [0.717, 1.165) is 23.7 Å². The predicted molar refractivity (Wildman–Crippen MR) is 73.5 cm³/mol. The average Bonchev–Trinajstić information content (AvgIpc) is 2.14. The van der Waals surface area contributed by atoms with Crippen LogP contribution in [0.3, 0.4) is 0 Å². The summed E-state index contributed by atoms with van der Waals surface area (Å²) in [5, 5.41) is 0. The molecule has 16 heavy (non-hydrogen) atoms. The van der Waals surface area contributed by atoms with Crippen molar-refractivity contribution in [2.45, 2.75) is 73.6 Å². The Hall–Kier alpha value is 0. The summed E-state index contributed by atoms with van der Waals surface area (Å²) in [6.45, 7) is 14.6. The number of hydrogen-bond acceptors (Lipinski definition) is 0. The lowest BCUT2D eigenvalue weighted by Gasteiger charge is -2.54. The van der Waals surface area contributed by atoms with E-state index >= 15 is 0 Å². The van der Waals surface area contributed by atoms with Crippen LogP contribution in [-0.4, -0.2) is 0 Å². The first-order chi connectivity index (χ1) is 7.45. The lowest BCUT2D eigenvalue weighted by atomic mass is 9.51. The molecule has 3 unspecified atom stereocenters. The lowest BCUT2D eigenvalue weighted by Crippen LogP contribution is -2.45. The maximum atomic E-state index is 2.52. The Balaban J connectivity index is 2.71. The minimum absolute atomic E-state index is 0.694. The summed E-state index contributed by atoms with van der Waals surface area (Å²) in [4.78, 5) is 0. The van der Waals surface area contributed by atoms with Crippen molar-refractivity contribution in [3.63, 3.8) is 0 Å². The summed E-state index contributed by atoms with van der Waals surface area (Å²) in [6, 6.07) is 0. The maximum Gasteiger partial charge on any atom is -0.0243 e. The van der Waals surface area contributed by atoms with Crippen LogP contribution in [0.5, 0.6) is 0 Å². The molecule has 1 aliphatic rings. The second kappa shape index (κ2) is 5.56. The molecule has 1 aliphatic carbocycles. The highest BCUT2D eigenvalue weighted by Crippen LogP contribution is 2.56. The molecule has 0 aromatic carbocycles.